The fraction of sp³-hybridized carbons (Fsp3) is 0.867. The number of ether oxygens (including phenoxy) is 2. The summed E-state index contributed by atoms with van der Waals surface area (Å²) in [6, 6.07) is 0. The number of halogens is 2. The number of carbonyl (C=O) groups excluding carboxylic acids is 2. The van der Waals surface area contributed by atoms with E-state index < -0.39 is 45.9 Å². The maximum absolute atomic E-state index is 12.9. The van der Waals surface area contributed by atoms with Crippen LogP contribution in [-0.2, 0) is 29.2 Å². The maximum Gasteiger partial charge on any atom is 0.402 e. The van der Waals surface area contributed by atoms with Crippen LogP contribution in [0.3, 0.4) is 0 Å². The lowest BCUT2D eigenvalue weighted by atomic mass is 9.69. The molecule has 0 saturated heterocycles. The normalized spacial score (nSPS) is 15.6. The highest BCUT2D eigenvalue weighted by Crippen LogP contribution is 2.40. The Balaban J connectivity index is 4.79. The molecule has 0 bridgehead atoms. The van der Waals surface area contributed by atoms with E-state index in [4.69, 9.17) is 9.29 Å². The van der Waals surface area contributed by atoms with E-state index in [2.05, 4.69) is 4.74 Å². The molecule has 10 heteroatoms. The van der Waals surface area contributed by atoms with Crippen molar-refractivity contribution >= 4 is 22.1 Å². The minimum Gasteiger partial charge on any atom is -0.455 e. The minimum atomic E-state index is -5.70. The molecular weight excluding hydrogens is 362 g/mol. The molecular formula is C15H26F2O7S. The van der Waals surface area contributed by atoms with Crippen LogP contribution in [-0.4, -0.2) is 43.4 Å². The second kappa shape index (κ2) is 7.94. The zero-order valence-electron chi connectivity index (χ0n) is 15.3. The Morgan fingerprint density at radius 2 is 1.56 bits per heavy atom. The molecule has 148 valence electrons. The van der Waals surface area contributed by atoms with Gasteiger partial charge in [-0.1, -0.05) is 34.6 Å². The molecule has 0 spiro atoms. The average Bonchev–Trinajstić information content (AvgIpc) is 2.39. The molecule has 0 aliphatic rings. The van der Waals surface area contributed by atoms with Crippen molar-refractivity contribution in [3.8, 4) is 0 Å². The van der Waals surface area contributed by atoms with Gasteiger partial charge in [-0.05, 0) is 24.7 Å². The topological polar surface area (TPSA) is 107 Å². The maximum atomic E-state index is 12.9. The molecule has 0 aliphatic heterocycles. The van der Waals surface area contributed by atoms with Crippen LogP contribution in [0.15, 0.2) is 0 Å². The van der Waals surface area contributed by atoms with E-state index in [1.54, 1.807) is 6.92 Å². The smallest absolute Gasteiger partial charge is 0.402 e. The summed E-state index contributed by atoms with van der Waals surface area (Å²) < 4.78 is 63.9. The van der Waals surface area contributed by atoms with Gasteiger partial charge < -0.3 is 9.47 Å². The number of rotatable bonds is 8. The molecule has 1 atom stereocenters. The molecule has 0 aromatic heterocycles. The lowest BCUT2D eigenvalue weighted by molar-refractivity contribution is -0.170. The summed E-state index contributed by atoms with van der Waals surface area (Å²) in [5.41, 5.74) is -1.10. The van der Waals surface area contributed by atoms with Crippen molar-refractivity contribution in [2.24, 2.45) is 16.7 Å². The summed E-state index contributed by atoms with van der Waals surface area (Å²) in [5.74, 6) is -2.14. The van der Waals surface area contributed by atoms with Crippen LogP contribution >= 0.6 is 0 Å². The molecule has 1 N–H and O–H groups in total. The average molecular weight is 388 g/mol. The lowest BCUT2D eigenvalue weighted by Crippen LogP contribution is -2.40. The predicted octanol–water partition coefficient (Wildman–Crippen LogP) is 2.65. The van der Waals surface area contributed by atoms with Crippen molar-refractivity contribution in [3.63, 3.8) is 0 Å². The van der Waals surface area contributed by atoms with Crippen LogP contribution in [0.1, 0.15) is 48.0 Å². The van der Waals surface area contributed by atoms with E-state index >= 15 is 0 Å². The van der Waals surface area contributed by atoms with Crippen molar-refractivity contribution < 1.29 is 40.8 Å². The van der Waals surface area contributed by atoms with Gasteiger partial charge in [-0.2, -0.15) is 17.2 Å². The number of carbonyl (C=O) groups is 2. The zero-order chi connectivity index (χ0) is 20.3. The van der Waals surface area contributed by atoms with E-state index in [-0.39, 0.29) is 11.3 Å². The summed E-state index contributed by atoms with van der Waals surface area (Å²) in [7, 11) is -5.70. The van der Waals surface area contributed by atoms with Crippen molar-refractivity contribution in [1.29, 1.82) is 0 Å². The number of hydrogen-bond acceptors (Lipinski definition) is 6. The fourth-order valence-electron chi connectivity index (χ4n) is 2.18. The molecule has 25 heavy (non-hydrogen) atoms. The Morgan fingerprint density at radius 3 is 1.92 bits per heavy atom. The highest BCUT2D eigenvalue weighted by Gasteiger charge is 2.46. The largest absolute Gasteiger partial charge is 0.455 e. The van der Waals surface area contributed by atoms with Gasteiger partial charge in [-0.15, -0.1) is 0 Å². The molecule has 0 aromatic rings. The summed E-state index contributed by atoms with van der Waals surface area (Å²) >= 11 is 0. The second-order valence-electron chi connectivity index (χ2n) is 7.66. The van der Waals surface area contributed by atoms with Crippen molar-refractivity contribution in [3.05, 3.63) is 0 Å². The van der Waals surface area contributed by atoms with Gasteiger partial charge in [-0.25, -0.2) is 4.79 Å². The monoisotopic (exact) mass is 388 g/mol. The first-order chi connectivity index (χ1) is 10.9. The van der Waals surface area contributed by atoms with Gasteiger partial charge in [-0.3, -0.25) is 9.35 Å². The summed E-state index contributed by atoms with van der Waals surface area (Å²) in [6.45, 7) is 8.32. The van der Waals surface area contributed by atoms with E-state index in [9.17, 15) is 26.8 Å². The first-order valence-electron chi connectivity index (χ1n) is 7.60. The Labute approximate surface area is 146 Å². The van der Waals surface area contributed by atoms with E-state index in [0.29, 0.717) is 6.42 Å². The first kappa shape index (κ1) is 23.7. The van der Waals surface area contributed by atoms with Crippen LogP contribution in [0, 0.1) is 16.7 Å². The third-order valence-electron chi connectivity index (χ3n) is 3.74. The molecule has 7 nitrogen and oxygen atoms in total. The molecule has 1 unspecified atom stereocenters. The number of alkyl halides is 2. The van der Waals surface area contributed by atoms with Crippen LogP contribution in [0.4, 0.5) is 8.78 Å². The van der Waals surface area contributed by atoms with Crippen LogP contribution < -0.4 is 0 Å². The molecule has 0 aromatic carbocycles. The minimum absolute atomic E-state index is 0.112. The van der Waals surface area contributed by atoms with Crippen molar-refractivity contribution in [2.45, 2.75) is 53.2 Å². The highest BCUT2D eigenvalue weighted by molar-refractivity contribution is 7.86. The number of esters is 2. The van der Waals surface area contributed by atoms with Crippen LogP contribution in [0.2, 0.25) is 0 Å². The molecule has 0 aliphatic carbocycles. The predicted molar refractivity (Wildman–Crippen MR) is 85.4 cm³/mol. The van der Waals surface area contributed by atoms with Crippen molar-refractivity contribution in [2.75, 3.05) is 13.2 Å². The summed E-state index contributed by atoms with van der Waals surface area (Å²) in [5, 5.41) is -4.63. The quantitative estimate of drug-likeness (QED) is 0.503. The van der Waals surface area contributed by atoms with Gasteiger partial charge in [0.25, 0.3) is 0 Å². The highest BCUT2D eigenvalue weighted by atomic mass is 32.2. The van der Waals surface area contributed by atoms with Gasteiger partial charge in [0, 0.05) is 0 Å². The van der Waals surface area contributed by atoms with E-state index in [0.717, 1.165) is 0 Å². The molecule has 0 heterocycles. The molecule has 0 saturated carbocycles. The van der Waals surface area contributed by atoms with Gasteiger partial charge >= 0.3 is 27.3 Å². The van der Waals surface area contributed by atoms with E-state index in [1.165, 1.54) is 0 Å². The molecule has 0 radical (unpaired) electrons. The van der Waals surface area contributed by atoms with Crippen molar-refractivity contribution in [1.82, 2.24) is 0 Å². The zero-order valence-corrected chi connectivity index (χ0v) is 16.1. The molecule has 0 fully saturated rings. The standard InChI is InChI=1S/C15H26F2O7S/c1-10(2)14(6,8-13(3,4)5)12(19)23-7-11(18)24-9-15(16,17)25(20,21)22/h10H,7-9H2,1-6H3,(H,20,21,22). The first-order valence-corrected chi connectivity index (χ1v) is 9.04. The second-order valence-corrected chi connectivity index (χ2v) is 9.21. The van der Waals surface area contributed by atoms with Crippen LogP contribution in [0.5, 0.6) is 0 Å². The third kappa shape index (κ3) is 7.23. The van der Waals surface area contributed by atoms with Crippen LogP contribution in [0.25, 0.3) is 0 Å². The Hall–Kier alpha value is -1.29. The Morgan fingerprint density at radius 1 is 1.08 bits per heavy atom. The van der Waals surface area contributed by atoms with Gasteiger partial charge in [0.1, 0.15) is 0 Å². The molecule has 0 amide bonds. The van der Waals surface area contributed by atoms with E-state index in [1.807, 2.05) is 34.6 Å². The number of hydrogen-bond donors (Lipinski definition) is 1. The lowest BCUT2D eigenvalue weighted by Gasteiger charge is -2.36. The summed E-state index contributed by atoms with van der Waals surface area (Å²) in [4.78, 5) is 23.7. The fourth-order valence-corrected chi connectivity index (χ4v) is 2.39. The third-order valence-corrected chi connectivity index (χ3v) is 4.61. The summed E-state index contributed by atoms with van der Waals surface area (Å²) in [6.07, 6.45) is 0.465. The van der Waals surface area contributed by atoms with Gasteiger partial charge in [0.15, 0.2) is 13.2 Å². The van der Waals surface area contributed by atoms with Gasteiger partial charge in [0.2, 0.25) is 0 Å². The Kier molecular flexibility index (Phi) is 7.53. The Bertz CT molecular complexity index is 593. The SMILES string of the molecule is CC(C)C(C)(CC(C)(C)C)C(=O)OCC(=O)OCC(F)(F)S(=O)(=O)O. The van der Waals surface area contributed by atoms with Gasteiger partial charge in [0.05, 0.1) is 5.41 Å². The molecule has 0 rings (SSSR count).